The second kappa shape index (κ2) is 11.0. The monoisotopic (exact) mass is 516 g/mol. The Labute approximate surface area is 229 Å². The van der Waals surface area contributed by atoms with Crippen molar-refractivity contribution in [3.63, 3.8) is 0 Å². The lowest BCUT2D eigenvalue weighted by Crippen LogP contribution is -1.97. The highest BCUT2D eigenvalue weighted by molar-refractivity contribution is 6.31. The van der Waals surface area contributed by atoms with Crippen LogP contribution < -0.4 is 0 Å². The summed E-state index contributed by atoms with van der Waals surface area (Å²) in [5.74, 6) is 0. The lowest BCUT2D eigenvalue weighted by atomic mass is 9.98. The number of nitrogens with zero attached hydrogens (tertiary/aromatic N) is 2. The first-order chi connectivity index (χ1) is 18.7. The van der Waals surface area contributed by atoms with Crippen LogP contribution >= 0.6 is 11.6 Å². The summed E-state index contributed by atoms with van der Waals surface area (Å²) in [5.41, 5.74) is 8.01. The van der Waals surface area contributed by atoms with Gasteiger partial charge in [0.05, 0.1) is 11.2 Å². The van der Waals surface area contributed by atoms with E-state index in [1.54, 1.807) is 0 Å². The molecule has 6 rings (SSSR count). The van der Waals surface area contributed by atoms with Crippen molar-refractivity contribution in [2.24, 2.45) is 0 Å². The largest absolute Gasteiger partial charge is 0.340 e. The van der Waals surface area contributed by atoms with Crippen molar-refractivity contribution in [1.29, 1.82) is 0 Å². The molecule has 0 aliphatic heterocycles. The topological polar surface area (TPSA) is 17.8 Å². The molecule has 0 fully saturated rings. The second-order valence-corrected chi connectivity index (χ2v) is 10.7. The van der Waals surface area contributed by atoms with Gasteiger partial charge in [-0.15, -0.1) is 0 Å². The number of hydrogen-bond donors (Lipinski definition) is 0. The maximum Gasteiger partial charge on any atom is 0.0716 e. The fraction of sp³-hybridized carbons (Fsp3) is 0.229. The van der Waals surface area contributed by atoms with Crippen LogP contribution in [0.2, 0.25) is 5.02 Å². The summed E-state index contributed by atoms with van der Waals surface area (Å²) in [5, 5.41) is 4.41. The van der Waals surface area contributed by atoms with Gasteiger partial charge in [0.15, 0.2) is 0 Å². The number of benzene rings is 4. The molecule has 0 aliphatic carbocycles. The Hall–Kier alpha value is -3.62. The van der Waals surface area contributed by atoms with Crippen LogP contribution in [0.1, 0.15) is 45.4 Å². The van der Waals surface area contributed by atoms with E-state index in [9.17, 15) is 0 Å². The Bertz CT molecular complexity index is 1720. The minimum Gasteiger partial charge on any atom is -0.340 e. The van der Waals surface area contributed by atoms with Gasteiger partial charge in [0.2, 0.25) is 0 Å². The van der Waals surface area contributed by atoms with Gasteiger partial charge in [0.25, 0.3) is 0 Å². The molecular formula is C35H33ClN2. The maximum absolute atomic E-state index is 6.40. The molecule has 0 aliphatic rings. The molecule has 2 aromatic heterocycles. The minimum absolute atomic E-state index is 0.726. The average molecular weight is 517 g/mol. The number of hydrogen-bond acceptors (Lipinski definition) is 1. The molecule has 0 bridgehead atoms. The number of pyridine rings is 1. The van der Waals surface area contributed by atoms with Gasteiger partial charge in [-0.1, -0.05) is 105 Å². The zero-order valence-corrected chi connectivity index (χ0v) is 22.7. The zero-order chi connectivity index (χ0) is 25.9. The molecule has 0 spiro atoms. The summed E-state index contributed by atoms with van der Waals surface area (Å²) >= 11 is 6.40. The van der Waals surface area contributed by atoms with Gasteiger partial charge < -0.3 is 4.57 Å². The molecule has 0 unspecified atom stereocenters. The van der Waals surface area contributed by atoms with E-state index in [1.807, 2.05) is 18.2 Å². The van der Waals surface area contributed by atoms with E-state index >= 15 is 0 Å². The Balaban J connectivity index is 1.43. The van der Waals surface area contributed by atoms with Crippen LogP contribution in [0.3, 0.4) is 0 Å². The summed E-state index contributed by atoms with van der Waals surface area (Å²) in [6, 6.07) is 34.4. The highest BCUT2D eigenvalue weighted by atomic mass is 35.5. The van der Waals surface area contributed by atoms with E-state index in [0.29, 0.717) is 0 Å². The molecule has 0 radical (unpaired) electrons. The van der Waals surface area contributed by atoms with Gasteiger partial charge in [0, 0.05) is 44.3 Å². The third kappa shape index (κ3) is 4.81. The van der Waals surface area contributed by atoms with Crippen molar-refractivity contribution in [3.05, 3.63) is 102 Å². The number of para-hydroxylation sites is 1. The van der Waals surface area contributed by atoms with Crippen LogP contribution in [0, 0.1) is 0 Å². The highest BCUT2D eigenvalue weighted by Gasteiger charge is 2.14. The zero-order valence-electron chi connectivity index (χ0n) is 22.0. The molecule has 0 saturated heterocycles. The van der Waals surface area contributed by atoms with Crippen LogP contribution in [0.15, 0.2) is 97.1 Å². The van der Waals surface area contributed by atoms with Gasteiger partial charge in [-0.05, 0) is 60.0 Å². The number of aromatic nitrogens is 2. The number of halogens is 1. The van der Waals surface area contributed by atoms with Crippen LogP contribution in [0.4, 0.5) is 0 Å². The molecule has 2 nitrogen and oxygen atoms in total. The van der Waals surface area contributed by atoms with Crippen molar-refractivity contribution in [2.45, 2.75) is 52.0 Å². The molecule has 0 N–H and O–H groups in total. The van der Waals surface area contributed by atoms with Crippen LogP contribution in [-0.4, -0.2) is 9.55 Å². The molecule has 0 saturated carbocycles. The van der Waals surface area contributed by atoms with Crippen molar-refractivity contribution < 1.29 is 0 Å². The first-order valence-corrected chi connectivity index (χ1v) is 14.3. The molecule has 4 aromatic carbocycles. The van der Waals surface area contributed by atoms with E-state index in [0.717, 1.165) is 39.3 Å². The first kappa shape index (κ1) is 24.7. The van der Waals surface area contributed by atoms with Crippen LogP contribution in [0.5, 0.6) is 0 Å². The van der Waals surface area contributed by atoms with Gasteiger partial charge in [-0.3, -0.25) is 0 Å². The van der Waals surface area contributed by atoms with E-state index in [-0.39, 0.29) is 0 Å². The molecule has 0 atom stereocenters. The Morgan fingerprint density at radius 2 is 1.39 bits per heavy atom. The summed E-state index contributed by atoms with van der Waals surface area (Å²) < 4.78 is 2.51. The quantitative estimate of drug-likeness (QED) is 0.175. The second-order valence-electron chi connectivity index (χ2n) is 10.3. The van der Waals surface area contributed by atoms with Crippen LogP contribution in [-0.2, 0) is 6.54 Å². The van der Waals surface area contributed by atoms with Crippen molar-refractivity contribution >= 4 is 44.3 Å². The van der Waals surface area contributed by atoms with E-state index < -0.39 is 0 Å². The van der Waals surface area contributed by atoms with Crippen molar-refractivity contribution in [3.8, 4) is 22.4 Å². The molecule has 6 aromatic rings. The smallest absolute Gasteiger partial charge is 0.0716 e. The molecule has 190 valence electrons. The van der Waals surface area contributed by atoms with E-state index in [4.69, 9.17) is 16.6 Å². The lowest BCUT2D eigenvalue weighted by Gasteiger charge is -2.12. The predicted molar refractivity (Wildman–Crippen MR) is 164 cm³/mol. The molecule has 2 heterocycles. The van der Waals surface area contributed by atoms with Crippen LogP contribution in [0.25, 0.3) is 55.1 Å². The molecule has 38 heavy (non-hydrogen) atoms. The average Bonchev–Trinajstić information content (AvgIpc) is 3.27. The number of fused-ring (bicyclic) bond motifs is 4. The molecule has 3 heteroatoms. The SMILES string of the molecule is CCCCCCCCn1c2ccccc2c2cc(-c3cc(-c4ccccc4)c4cc(Cl)ccc4n3)ccc21. The standard InChI is InChI=1S/C35H33ClN2/c1-2-3-4-5-6-12-21-38-34-16-11-10-15-28(34)31-22-26(17-20-35(31)38)33-24-29(25-13-8-7-9-14-25)30-23-27(36)18-19-32(30)37-33/h7-11,13-20,22-24H,2-6,12,21H2,1H3. The lowest BCUT2D eigenvalue weighted by molar-refractivity contribution is 0.571. The third-order valence-corrected chi connectivity index (χ3v) is 7.89. The number of aryl methyl sites for hydroxylation is 1. The molecular weight excluding hydrogens is 484 g/mol. The normalized spacial score (nSPS) is 11.6. The van der Waals surface area contributed by atoms with E-state index in [2.05, 4.69) is 90.4 Å². The Morgan fingerprint density at radius 1 is 0.632 bits per heavy atom. The third-order valence-electron chi connectivity index (χ3n) is 7.66. The van der Waals surface area contributed by atoms with Gasteiger partial charge in [-0.2, -0.15) is 0 Å². The van der Waals surface area contributed by atoms with Gasteiger partial charge in [-0.25, -0.2) is 4.98 Å². The van der Waals surface area contributed by atoms with Gasteiger partial charge >= 0.3 is 0 Å². The Morgan fingerprint density at radius 3 is 2.26 bits per heavy atom. The van der Waals surface area contributed by atoms with Gasteiger partial charge in [0.1, 0.15) is 0 Å². The maximum atomic E-state index is 6.40. The van der Waals surface area contributed by atoms with Crippen molar-refractivity contribution in [1.82, 2.24) is 9.55 Å². The summed E-state index contributed by atoms with van der Waals surface area (Å²) in [7, 11) is 0. The highest BCUT2D eigenvalue weighted by Crippen LogP contribution is 2.36. The first-order valence-electron chi connectivity index (χ1n) is 13.9. The summed E-state index contributed by atoms with van der Waals surface area (Å²) in [6.45, 7) is 3.33. The summed E-state index contributed by atoms with van der Waals surface area (Å²) in [6.07, 6.45) is 7.83. The van der Waals surface area contributed by atoms with Crippen molar-refractivity contribution in [2.75, 3.05) is 0 Å². The fourth-order valence-corrected chi connectivity index (χ4v) is 5.88. The summed E-state index contributed by atoms with van der Waals surface area (Å²) in [4.78, 5) is 5.09. The number of rotatable bonds is 9. The number of unbranched alkanes of at least 4 members (excludes halogenated alkanes) is 5. The minimum atomic E-state index is 0.726. The Kier molecular flexibility index (Phi) is 7.16. The van der Waals surface area contributed by atoms with E-state index in [1.165, 1.54) is 65.9 Å². The predicted octanol–water partition coefficient (Wildman–Crippen LogP) is 10.7. The fourth-order valence-electron chi connectivity index (χ4n) is 5.71. The molecule has 0 amide bonds.